The predicted molar refractivity (Wildman–Crippen MR) is 85.0 cm³/mol. The maximum absolute atomic E-state index is 11.8. The van der Waals surface area contributed by atoms with Gasteiger partial charge in [0.05, 0.1) is 19.0 Å². The van der Waals surface area contributed by atoms with E-state index in [1.54, 1.807) is 11.3 Å². The number of carboxylic acids is 1. The Morgan fingerprint density at radius 1 is 1.43 bits per heavy atom. The zero-order valence-electron chi connectivity index (χ0n) is 12.0. The van der Waals surface area contributed by atoms with Crippen LogP contribution in [0.25, 0.3) is 0 Å². The molecule has 1 amide bonds. The number of thiophene rings is 1. The fourth-order valence-electron chi connectivity index (χ4n) is 2.33. The maximum Gasteiger partial charge on any atom is 0.307 e. The summed E-state index contributed by atoms with van der Waals surface area (Å²) in [5, 5.41) is 11.8. The van der Waals surface area contributed by atoms with Crippen LogP contribution >= 0.6 is 23.7 Å². The van der Waals surface area contributed by atoms with Crippen LogP contribution in [0.3, 0.4) is 0 Å². The summed E-state index contributed by atoms with van der Waals surface area (Å²) in [5.74, 6) is -1.13. The average Bonchev–Trinajstić information content (AvgIpc) is 3.04. The Kier molecular flexibility index (Phi) is 7.14. The van der Waals surface area contributed by atoms with Crippen LogP contribution in [0.1, 0.15) is 23.1 Å². The average molecular weight is 333 g/mol. The Labute approximate surface area is 134 Å². The molecule has 21 heavy (non-hydrogen) atoms. The van der Waals surface area contributed by atoms with Gasteiger partial charge in [-0.1, -0.05) is 6.92 Å². The van der Waals surface area contributed by atoms with Crippen molar-refractivity contribution < 1.29 is 14.7 Å². The molecule has 118 valence electrons. The molecule has 2 heterocycles. The van der Waals surface area contributed by atoms with E-state index in [0.717, 1.165) is 11.3 Å². The number of likely N-dealkylation sites (tertiary alicyclic amines) is 1. The summed E-state index contributed by atoms with van der Waals surface area (Å²) in [6, 6.07) is 4.13. The molecule has 7 heteroatoms. The second kappa shape index (κ2) is 8.36. The number of amides is 1. The monoisotopic (exact) mass is 332 g/mol. The highest BCUT2D eigenvalue weighted by molar-refractivity contribution is 7.11. The van der Waals surface area contributed by atoms with Crippen molar-refractivity contribution in [2.24, 2.45) is 5.92 Å². The topological polar surface area (TPSA) is 69.6 Å². The van der Waals surface area contributed by atoms with Gasteiger partial charge in [0.1, 0.15) is 0 Å². The van der Waals surface area contributed by atoms with Crippen LogP contribution in [0.2, 0.25) is 0 Å². The molecule has 2 rings (SSSR count). The van der Waals surface area contributed by atoms with Crippen LogP contribution in [0, 0.1) is 5.92 Å². The Hall–Kier alpha value is -1.11. The number of carboxylic acid groups (broad SMARTS) is 1. The number of carbonyl (C=O) groups is 2. The maximum atomic E-state index is 11.8. The van der Waals surface area contributed by atoms with E-state index in [9.17, 15) is 9.59 Å². The van der Waals surface area contributed by atoms with Crippen molar-refractivity contribution in [1.29, 1.82) is 0 Å². The van der Waals surface area contributed by atoms with E-state index in [1.807, 2.05) is 11.0 Å². The molecule has 1 aliphatic rings. The van der Waals surface area contributed by atoms with Gasteiger partial charge in [0.2, 0.25) is 5.91 Å². The van der Waals surface area contributed by atoms with Crippen molar-refractivity contribution in [1.82, 2.24) is 10.2 Å². The molecule has 5 nitrogen and oxygen atoms in total. The SMILES string of the molecule is CCc1ccc(CNC(=O)CN2CCC(C(=O)O)C2)s1.Cl. The van der Waals surface area contributed by atoms with Gasteiger partial charge in [0, 0.05) is 16.3 Å². The molecule has 0 aliphatic carbocycles. The van der Waals surface area contributed by atoms with Crippen molar-refractivity contribution in [2.45, 2.75) is 26.3 Å². The summed E-state index contributed by atoms with van der Waals surface area (Å²) in [4.78, 5) is 27.1. The number of halogens is 1. The Morgan fingerprint density at radius 3 is 2.71 bits per heavy atom. The first kappa shape index (κ1) is 17.9. The van der Waals surface area contributed by atoms with Crippen molar-refractivity contribution in [3.8, 4) is 0 Å². The lowest BCUT2D eigenvalue weighted by Gasteiger charge is -2.14. The minimum atomic E-state index is -0.765. The minimum Gasteiger partial charge on any atom is -0.481 e. The molecule has 2 N–H and O–H groups in total. The molecule has 1 fully saturated rings. The first-order valence-corrected chi connectivity index (χ1v) is 7.69. The van der Waals surface area contributed by atoms with Crippen LogP contribution in [-0.2, 0) is 22.6 Å². The molecule has 1 saturated heterocycles. The van der Waals surface area contributed by atoms with Crippen LogP contribution in [0.4, 0.5) is 0 Å². The summed E-state index contributed by atoms with van der Waals surface area (Å²) in [7, 11) is 0. The van der Waals surface area contributed by atoms with Crippen LogP contribution < -0.4 is 5.32 Å². The molecule has 0 saturated carbocycles. The summed E-state index contributed by atoms with van der Waals surface area (Å²) in [6.07, 6.45) is 1.65. The molecular formula is C14H21ClN2O3S. The number of nitrogens with zero attached hydrogens (tertiary/aromatic N) is 1. The molecule has 0 bridgehead atoms. The molecule has 1 atom stereocenters. The van der Waals surface area contributed by atoms with Crippen molar-refractivity contribution in [3.05, 3.63) is 21.9 Å². The van der Waals surface area contributed by atoms with Crippen molar-refractivity contribution in [2.75, 3.05) is 19.6 Å². The lowest BCUT2D eigenvalue weighted by molar-refractivity contribution is -0.141. The van der Waals surface area contributed by atoms with Crippen LogP contribution in [0.15, 0.2) is 12.1 Å². The third-order valence-corrected chi connectivity index (χ3v) is 4.74. The second-order valence-corrected chi connectivity index (χ2v) is 6.31. The highest BCUT2D eigenvalue weighted by atomic mass is 35.5. The summed E-state index contributed by atoms with van der Waals surface area (Å²) >= 11 is 1.72. The van der Waals surface area contributed by atoms with E-state index in [2.05, 4.69) is 18.3 Å². The number of aliphatic carboxylic acids is 1. The molecule has 0 spiro atoms. The van der Waals surface area contributed by atoms with Gasteiger partial charge in [-0.15, -0.1) is 23.7 Å². The highest BCUT2D eigenvalue weighted by Gasteiger charge is 2.28. The Balaban J connectivity index is 0.00000220. The highest BCUT2D eigenvalue weighted by Crippen LogP contribution is 2.17. The first-order chi connectivity index (χ1) is 9.58. The van der Waals surface area contributed by atoms with Crippen LogP contribution in [0.5, 0.6) is 0 Å². The van der Waals surface area contributed by atoms with Crippen molar-refractivity contribution in [3.63, 3.8) is 0 Å². The number of hydrogen-bond acceptors (Lipinski definition) is 4. The van der Waals surface area contributed by atoms with Crippen molar-refractivity contribution >= 4 is 35.6 Å². The van der Waals surface area contributed by atoms with E-state index in [-0.39, 0.29) is 30.8 Å². The molecule has 1 aromatic rings. The van der Waals surface area contributed by atoms with E-state index in [1.165, 1.54) is 4.88 Å². The zero-order valence-corrected chi connectivity index (χ0v) is 13.6. The van der Waals surface area contributed by atoms with Gasteiger partial charge < -0.3 is 10.4 Å². The molecule has 1 unspecified atom stereocenters. The Morgan fingerprint density at radius 2 is 2.14 bits per heavy atom. The molecule has 0 radical (unpaired) electrons. The second-order valence-electron chi connectivity index (χ2n) is 5.06. The number of nitrogens with one attached hydrogen (secondary N) is 1. The summed E-state index contributed by atoms with van der Waals surface area (Å²) in [6.45, 7) is 4.11. The lowest BCUT2D eigenvalue weighted by Crippen LogP contribution is -2.36. The third kappa shape index (κ3) is 5.30. The van der Waals surface area contributed by atoms with Gasteiger partial charge in [0.15, 0.2) is 0 Å². The zero-order chi connectivity index (χ0) is 14.5. The number of rotatable bonds is 6. The number of aryl methyl sites for hydroxylation is 1. The van der Waals surface area contributed by atoms with E-state index >= 15 is 0 Å². The fourth-order valence-corrected chi connectivity index (χ4v) is 3.23. The minimum absolute atomic E-state index is 0. The number of carbonyl (C=O) groups excluding carboxylic acids is 1. The molecule has 0 aromatic carbocycles. The fraction of sp³-hybridized carbons (Fsp3) is 0.571. The molecule has 1 aromatic heterocycles. The third-order valence-electron chi connectivity index (χ3n) is 3.51. The smallest absolute Gasteiger partial charge is 0.307 e. The molecular weight excluding hydrogens is 312 g/mol. The lowest BCUT2D eigenvalue weighted by atomic mass is 10.1. The van der Waals surface area contributed by atoms with Gasteiger partial charge in [0.25, 0.3) is 0 Å². The first-order valence-electron chi connectivity index (χ1n) is 6.88. The Bertz CT molecular complexity index is 492. The largest absolute Gasteiger partial charge is 0.481 e. The van der Waals surface area contributed by atoms with Crippen LogP contribution in [-0.4, -0.2) is 41.5 Å². The normalized spacial score (nSPS) is 18.2. The number of hydrogen-bond donors (Lipinski definition) is 2. The van der Waals surface area contributed by atoms with Gasteiger partial charge in [-0.3, -0.25) is 14.5 Å². The molecule has 1 aliphatic heterocycles. The van der Waals surface area contributed by atoms with E-state index in [4.69, 9.17) is 5.11 Å². The predicted octanol–water partition coefficient (Wildman–Crippen LogP) is 1.75. The summed E-state index contributed by atoms with van der Waals surface area (Å²) < 4.78 is 0. The quantitative estimate of drug-likeness (QED) is 0.832. The van der Waals surface area contributed by atoms with E-state index in [0.29, 0.717) is 26.1 Å². The van der Waals surface area contributed by atoms with Gasteiger partial charge in [-0.25, -0.2) is 0 Å². The summed E-state index contributed by atoms with van der Waals surface area (Å²) in [5.41, 5.74) is 0. The van der Waals surface area contributed by atoms with Gasteiger partial charge >= 0.3 is 5.97 Å². The van der Waals surface area contributed by atoms with Gasteiger partial charge in [-0.2, -0.15) is 0 Å². The van der Waals surface area contributed by atoms with E-state index < -0.39 is 5.97 Å². The van der Waals surface area contributed by atoms with Gasteiger partial charge in [-0.05, 0) is 31.5 Å². The standard InChI is InChI=1S/C14H20N2O3S.ClH/c1-2-11-3-4-12(20-11)7-15-13(17)9-16-6-5-10(8-16)14(18)19;/h3-4,10H,2,5-9H2,1H3,(H,15,17)(H,18,19);1H.